The van der Waals surface area contributed by atoms with Crippen LogP contribution < -0.4 is 9.64 Å². The molecule has 1 fully saturated rings. The fourth-order valence-electron chi connectivity index (χ4n) is 3.45. The van der Waals surface area contributed by atoms with Crippen molar-refractivity contribution in [3.05, 3.63) is 59.5 Å². The fraction of sp³-hybridized carbons (Fsp3) is 0.333. The predicted molar refractivity (Wildman–Crippen MR) is 110 cm³/mol. The first kappa shape index (κ1) is 18.9. The van der Waals surface area contributed by atoms with Crippen molar-refractivity contribution in [2.45, 2.75) is 13.8 Å². The first-order valence-electron chi connectivity index (χ1n) is 9.61. The lowest BCUT2D eigenvalue weighted by Crippen LogP contribution is -2.49. The Morgan fingerprint density at radius 2 is 1.72 bits per heavy atom. The minimum atomic E-state index is -0.0508. The number of amides is 1. The van der Waals surface area contributed by atoms with E-state index in [1.807, 2.05) is 55.1 Å². The smallest absolute Gasteiger partial charge is 0.274 e. The number of nitrogens with zero attached hydrogens (tertiary/aromatic N) is 6. The van der Waals surface area contributed by atoms with Crippen LogP contribution in [0, 0.1) is 13.8 Å². The van der Waals surface area contributed by atoms with Crippen LogP contribution in [0.3, 0.4) is 0 Å². The maximum Gasteiger partial charge on any atom is 0.274 e. The number of aromatic nitrogens is 4. The van der Waals surface area contributed by atoms with Gasteiger partial charge < -0.3 is 14.5 Å². The standard InChI is InChI=1S/C21H24N6O2/c1-15-13-19(29-3)23-21(22-15)26-11-9-25(10-12-26)20(28)18-14-16(2)27(24-18)17-7-5-4-6-8-17/h4-8,13-14H,9-12H2,1-3H3. The van der Waals surface area contributed by atoms with E-state index < -0.39 is 0 Å². The van der Waals surface area contributed by atoms with E-state index in [9.17, 15) is 4.79 Å². The summed E-state index contributed by atoms with van der Waals surface area (Å²) in [4.78, 5) is 25.8. The van der Waals surface area contributed by atoms with Gasteiger partial charge in [-0.25, -0.2) is 9.67 Å². The lowest BCUT2D eigenvalue weighted by molar-refractivity contribution is 0.0739. The molecule has 2 aromatic heterocycles. The lowest BCUT2D eigenvalue weighted by Gasteiger charge is -2.34. The highest BCUT2D eigenvalue weighted by molar-refractivity contribution is 5.92. The van der Waals surface area contributed by atoms with Crippen molar-refractivity contribution >= 4 is 11.9 Å². The van der Waals surface area contributed by atoms with Crippen LogP contribution in [-0.4, -0.2) is 63.8 Å². The SMILES string of the molecule is COc1cc(C)nc(N2CCN(C(=O)c3cc(C)n(-c4ccccc4)n3)CC2)n1. The molecule has 1 amide bonds. The number of hydrogen-bond acceptors (Lipinski definition) is 6. The van der Waals surface area contributed by atoms with Crippen molar-refractivity contribution in [3.8, 4) is 11.6 Å². The number of piperazine rings is 1. The van der Waals surface area contributed by atoms with Crippen molar-refractivity contribution < 1.29 is 9.53 Å². The Balaban J connectivity index is 1.45. The van der Waals surface area contributed by atoms with Gasteiger partial charge >= 0.3 is 0 Å². The van der Waals surface area contributed by atoms with Gasteiger partial charge in [-0.3, -0.25) is 4.79 Å². The maximum absolute atomic E-state index is 13.0. The van der Waals surface area contributed by atoms with Crippen molar-refractivity contribution in [2.24, 2.45) is 0 Å². The van der Waals surface area contributed by atoms with Gasteiger partial charge in [0.1, 0.15) is 0 Å². The van der Waals surface area contributed by atoms with Crippen LogP contribution in [0.4, 0.5) is 5.95 Å². The molecule has 29 heavy (non-hydrogen) atoms. The third-order valence-electron chi connectivity index (χ3n) is 4.99. The molecule has 0 atom stereocenters. The first-order valence-corrected chi connectivity index (χ1v) is 9.61. The molecule has 8 nitrogen and oxygen atoms in total. The largest absolute Gasteiger partial charge is 0.481 e. The fourth-order valence-corrected chi connectivity index (χ4v) is 3.45. The summed E-state index contributed by atoms with van der Waals surface area (Å²) in [5.41, 5.74) is 3.19. The molecule has 150 valence electrons. The Hall–Kier alpha value is -3.42. The van der Waals surface area contributed by atoms with Crippen LogP contribution in [0.25, 0.3) is 5.69 Å². The summed E-state index contributed by atoms with van der Waals surface area (Å²) in [7, 11) is 1.60. The van der Waals surface area contributed by atoms with Gasteiger partial charge in [0.2, 0.25) is 11.8 Å². The van der Waals surface area contributed by atoms with Crippen LogP contribution in [0.5, 0.6) is 5.88 Å². The topological polar surface area (TPSA) is 76.4 Å². The van der Waals surface area contributed by atoms with Crippen LogP contribution >= 0.6 is 0 Å². The Morgan fingerprint density at radius 3 is 2.41 bits per heavy atom. The summed E-state index contributed by atoms with van der Waals surface area (Å²) < 4.78 is 7.04. The van der Waals surface area contributed by atoms with Gasteiger partial charge in [0, 0.05) is 43.6 Å². The first-order chi connectivity index (χ1) is 14.0. The number of carbonyl (C=O) groups excluding carboxylic acids is 1. The summed E-state index contributed by atoms with van der Waals surface area (Å²) in [6.07, 6.45) is 0. The number of anilines is 1. The summed E-state index contributed by atoms with van der Waals surface area (Å²) in [6.45, 7) is 6.38. The number of benzene rings is 1. The molecule has 0 N–H and O–H groups in total. The molecule has 8 heteroatoms. The van der Waals surface area contributed by atoms with Crippen molar-refractivity contribution in [1.29, 1.82) is 0 Å². The minimum absolute atomic E-state index is 0.0508. The third-order valence-corrected chi connectivity index (χ3v) is 4.99. The van der Waals surface area contributed by atoms with Gasteiger partial charge in [-0.1, -0.05) is 18.2 Å². The van der Waals surface area contributed by atoms with E-state index in [0.29, 0.717) is 43.7 Å². The number of hydrogen-bond donors (Lipinski definition) is 0. The van der Waals surface area contributed by atoms with Crippen molar-refractivity contribution in [1.82, 2.24) is 24.6 Å². The van der Waals surface area contributed by atoms with E-state index in [-0.39, 0.29) is 5.91 Å². The van der Waals surface area contributed by atoms with Crippen LogP contribution in [0.2, 0.25) is 0 Å². The zero-order valence-electron chi connectivity index (χ0n) is 16.9. The summed E-state index contributed by atoms with van der Waals surface area (Å²) in [5, 5.41) is 4.54. The zero-order valence-corrected chi connectivity index (χ0v) is 16.9. The maximum atomic E-state index is 13.0. The number of ether oxygens (including phenoxy) is 1. The predicted octanol–water partition coefficient (Wildman–Crippen LogP) is 2.25. The van der Waals surface area contributed by atoms with Gasteiger partial charge in [-0.15, -0.1) is 0 Å². The average Bonchev–Trinajstić information content (AvgIpc) is 3.15. The molecule has 1 aromatic carbocycles. The van der Waals surface area contributed by atoms with Crippen LogP contribution in [0.1, 0.15) is 21.9 Å². The Labute approximate surface area is 169 Å². The Morgan fingerprint density at radius 1 is 1.00 bits per heavy atom. The van der Waals surface area contributed by atoms with Crippen molar-refractivity contribution in [2.75, 3.05) is 38.2 Å². The molecule has 1 saturated heterocycles. The quantitative estimate of drug-likeness (QED) is 0.678. The highest BCUT2D eigenvalue weighted by Crippen LogP contribution is 2.18. The molecule has 3 heterocycles. The molecule has 1 aliphatic heterocycles. The van der Waals surface area contributed by atoms with E-state index in [2.05, 4.69) is 20.0 Å². The van der Waals surface area contributed by atoms with Crippen LogP contribution in [-0.2, 0) is 0 Å². The second-order valence-electron chi connectivity index (χ2n) is 7.05. The molecule has 0 unspecified atom stereocenters. The number of aryl methyl sites for hydroxylation is 2. The molecule has 0 aliphatic carbocycles. The van der Waals surface area contributed by atoms with Crippen LogP contribution in [0.15, 0.2) is 42.5 Å². The zero-order chi connectivity index (χ0) is 20.4. The van der Waals surface area contributed by atoms with E-state index in [1.165, 1.54) is 0 Å². The highest BCUT2D eigenvalue weighted by atomic mass is 16.5. The monoisotopic (exact) mass is 392 g/mol. The molecule has 3 aromatic rings. The number of para-hydroxylation sites is 1. The molecule has 0 saturated carbocycles. The second-order valence-corrected chi connectivity index (χ2v) is 7.05. The summed E-state index contributed by atoms with van der Waals surface area (Å²) >= 11 is 0. The number of methoxy groups -OCH3 is 1. The highest BCUT2D eigenvalue weighted by Gasteiger charge is 2.26. The normalized spacial score (nSPS) is 14.2. The molecule has 0 radical (unpaired) electrons. The summed E-state index contributed by atoms with van der Waals surface area (Å²) in [6, 6.07) is 13.5. The molecule has 0 bridgehead atoms. The second kappa shape index (κ2) is 7.90. The van der Waals surface area contributed by atoms with E-state index in [0.717, 1.165) is 17.1 Å². The third kappa shape index (κ3) is 3.91. The van der Waals surface area contributed by atoms with Crippen molar-refractivity contribution in [3.63, 3.8) is 0 Å². The minimum Gasteiger partial charge on any atom is -0.481 e. The molecular weight excluding hydrogens is 368 g/mol. The van der Waals surface area contributed by atoms with Gasteiger partial charge in [-0.05, 0) is 32.0 Å². The van der Waals surface area contributed by atoms with E-state index in [1.54, 1.807) is 17.9 Å². The summed E-state index contributed by atoms with van der Waals surface area (Å²) in [5.74, 6) is 1.14. The molecule has 4 rings (SSSR count). The van der Waals surface area contributed by atoms with E-state index >= 15 is 0 Å². The lowest BCUT2D eigenvalue weighted by atomic mass is 10.2. The Bertz CT molecular complexity index is 1010. The van der Waals surface area contributed by atoms with E-state index in [4.69, 9.17) is 4.74 Å². The average molecular weight is 392 g/mol. The molecular formula is C21H24N6O2. The number of rotatable bonds is 4. The molecule has 0 spiro atoms. The Kier molecular flexibility index (Phi) is 5.16. The van der Waals surface area contributed by atoms with Gasteiger partial charge in [-0.2, -0.15) is 10.1 Å². The number of carbonyl (C=O) groups is 1. The van der Waals surface area contributed by atoms with Gasteiger partial charge in [0.05, 0.1) is 12.8 Å². The molecule has 1 aliphatic rings. The van der Waals surface area contributed by atoms with Gasteiger partial charge in [0.15, 0.2) is 5.69 Å². The van der Waals surface area contributed by atoms with Gasteiger partial charge in [0.25, 0.3) is 5.91 Å².